The lowest BCUT2D eigenvalue weighted by atomic mass is 9.96. The summed E-state index contributed by atoms with van der Waals surface area (Å²) in [5.41, 5.74) is 1.72. The molecule has 0 saturated carbocycles. The maximum atomic E-state index is 12.7. The van der Waals surface area contributed by atoms with Gasteiger partial charge in [0.05, 0.1) is 10.5 Å². The molecular formula is C23H16N4O4S. The summed E-state index contributed by atoms with van der Waals surface area (Å²) in [6.07, 6.45) is 5.08. The number of carbonyl (C=O) groups excluding carboxylic acids is 1. The van der Waals surface area contributed by atoms with Crippen LogP contribution in [-0.4, -0.2) is 10.8 Å². The predicted molar refractivity (Wildman–Crippen MR) is 119 cm³/mol. The fraction of sp³-hybridized carbons (Fsp3) is 0.174. The number of benzene rings is 1. The largest absolute Gasteiger partial charge is 0.457 e. The molecule has 0 radical (unpaired) electrons. The molecule has 2 heterocycles. The van der Waals surface area contributed by atoms with Gasteiger partial charge in [0.2, 0.25) is 0 Å². The average Bonchev–Trinajstić information content (AvgIpc) is 3.41. The van der Waals surface area contributed by atoms with Crippen LogP contribution in [0.4, 0.5) is 10.7 Å². The third-order valence-electron chi connectivity index (χ3n) is 5.13. The van der Waals surface area contributed by atoms with Gasteiger partial charge in [-0.05, 0) is 43.4 Å². The summed E-state index contributed by atoms with van der Waals surface area (Å²) in [5.74, 6) is -0.00423. The summed E-state index contributed by atoms with van der Waals surface area (Å²) in [4.78, 5) is 24.3. The highest BCUT2D eigenvalue weighted by molar-refractivity contribution is 7.16. The molecule has 1 aliphatic carbocycles. The zero-order valence-corrected chi connectivity index (χ0v) is 17.6. The number of thiophene rings is 1. The van der Waals surface area contributed by atoms with Crippen molar-refractivity contribution in [1.29, 1.82) is 10.5 Å². The first-order valence-electron chi connectivity index (χ1n) is 9.82. The van der Waals surface area contributed by atoms with Crippen molar-refractivity contribution in [1.82, 2.24) is 0 Å². The lowest BCUT2D eigenvalue weighted by Gasteiger charge is -2.09. The fourth-order valence-corrected chi connectivity index (χ4v) is 4.83. The summed E-state index contributed by atoms with van der Waals surface area (Å²) in [7, 11) is 0. The second kappa shape index (κ2) is 8.88. The van der Waals surface area contributed by atoms with E-state index in [9.17, 15) is 25.4 Å². The third-order valence-corrected chi connectivity index (χ3v) is 6.34. The van der Waals surface area contributed by atoms with Gasteiger partial charge in [-0.3, -0.25) is 14.9 Å². The van der Waals surface area contributed by atoms with E-state index in [-0.39, 0.29) is 17.0 Å². The van der Waals surface area contributed by atoms with Crippen LogP contribution in [0.25, 0.3) is 17.4 Å². The minimum absolute atomic E-state index is 0.0694. The van der Waals surface area contributed by atoms with Crippen molar-refractivity contribution in [3.8, 4) is 23.5 Å². The van der Waals surface area contributed by atoms with Crippen LogP contribution in [0, 0.1) is 32.8 Å². The quantitative estimate of drug-likeness (QED) is 0.248. The van der Waals surface area contributed by atoms with Gasteiger partial charge < -0.3 is 9.73 Å². The topological polar surface area (TPSA) is 133 Å². The van der Waals surface area contributed by atoms with E-state index < -0.39 is 10.8 Å². The minimum atomic E-state index is -0.629. The van der Waals surface area contributed by atoms with E-state index in [4.69, 9.17) is 4.42 Å². The maximum absolute atomic E-state index is 12.7. The van der Waals surface area contributed by atoms with Gasteiger partial charge in [0.15, 0.2) is 0 Å². The first kappa shape index (κ1) is 21.0. The number of aryl methyl sites for hydroxylation is 1. The predicted octanol–water partition coefficient (Wildman–Crippen LogP) is 5.21. The zero-order chi connectivity index (χ0) is 22.7. The minimum Gasteiger partial charge on any atom is -0.457 e. The zero-order valence-electron chi connectivity index (χ0n) is 16.8. The Morgan fingerprint density at radius 2 is 2.03 bits per heavy atom. The normalized spacial score (nSPS) is 13.0. The number of fused-ring (bicyclic) bond motifs is 1. The summed E-state index contributed by atoms with van der Waals surface area (Å²) in [6.45, 7) is 0. The van der Waals surface area contributed by atoms with E-state index in [1.807, 2.05) is 6.07 Å². The van der Waals surface area contributed by atoms with Gasteiger partial charge in [0, 0.05) is 28.6 Å². The number of nitrogens with one attached hydrogen (secondary N) is 1. The Balaban J connectivity index is 1.57. The molecule has 9 heteroatoms. The Bertz CT molecular complexity index is 1340. The number of nitro groups is 1. The van der Waals surface area contributed by atoms with Crippen LogP contribution in [-0.2, 0) is 17.6 Å². The molecule has 1 amide bonds. The monoisotopic (exact) mass is 444 g/mol. The number of amides is 1. The summed E-state index contributed by atoms with van der Waals surface area (Å²) in [6, 6.07) is 13.2. The van der Waals surface area contributed by atoms with E-state index >= 15 is 0 Å². The van der Waals surface area contributed by atoms with Gasteiger partial charge in [-0.1, -0.05) is 12.1 Å². The number of hydrogen-bond acceptors (Lipinski definition) is 7. The van der Waals surface area contributed by atoms with E-state index in [2.05, 4.69) is 11.4 Å². The molecule has 0 aliphatic heterocycles. The Kier molecular flexibility index (Phi) is 5.84. The van der Waals surface area contributed by atoms with Gasteiger partial charge in [0.1, 0.15) is 34.2 Å². The van der Waals surface area contributed by atoms with Crippen LogP contribution in [0.15, 0.2) is 46.4 Å². The van der Waals surface area contributed by atoms with Crippen LogP contribution in [0.1, 0.15) is 34.6 Å². The Morgan fingerprint density at radius 3 is 2.78 bits per heavy atom. The highest BCUT2D eigenvalue weighted by Crippen LogP contribution is 2.37. The molecule has 3 aromatic rings. The average molecular weight is 444 g/mol. The van der Waals surface area contributed by atoms with E-state index in [1.165, 1.54) is 29.5 Å². The van der Waals surface area contributed by atoms with Crippen molar-refractivity contribution in [3.63, 3.8) is 0 Å². The van der Waals surface area contributed by atoms with Gasteiger partial charge in [-0.25, -0.2) is 0 Å². The lowest BCUT2D eigenvalue weighted by Crippen LogP contribution is -2.13. The molecule has 0 fully saturated rings. The molecule has 0 saturated heterocycles. The highest BCUT2D eigenvalue weighted by Gasteiger charge is 2.23. The van der Waals surface area contributed by atoms with E-state index in [0.29, 0.717) is 21.9 Å². The molecule has 0 bridgehead atoms. The SMILES string of the molecule is N#C/C(=C\c1ccc(-c2cccc([N+](=O)[O-])c2)o1)C(=O)Nc1sc2c(c1C#N)CCCC2. The Hall–Kier alpha value is -4.21. The van der Waals surface area contributed by atoms with Crippen LogP contribution in [0.2, 0.25) is 0 Å². The standard InChI is InChI=1S/C23H16N4O4S/c24-12-15(22(28)26-23-19(13-25)18-6-1-2-7-21(18)32-23)11-17-8-9-20(31-17)14-4-3-5-16(10-14)27(29)30/h3-5,8-11H,1-2,6-7H2,(H,26,28)/b15-11+. The van der Waals surface area contributed by atoms with Crippen molar-refractivity contribution in [2.24, 2.45) is 0 Å². The molecule has 0 spiro atoms. The molecule has 1 aliphatic rings. The third kappa shape index (κ3) is 4.15. The number of carbonyl (C=O) groups is 1. The van der Waals surface area contributed by atoms with Crippen molar-refractivity contribution in [3.05, 3.63) is 73.8 Å². The number of furan rings is 1. The highest BCUT2D eigenvalue weighted by atomic mass is 32.1. The van der Waals surface area contributed by atoms with Gasteiger partial charge >= 0.3 is 0 Å². The molecule has 0 unspecified atom stereocenters. The fourth-order valence-electron chi connectivity index (χ4n) is 3.59. The number of rotatable bonds is 5. The Labute approximate surface area is 187 Å². The number of nitriles is 2. The number of non-ortho nitro benzene ring substituents is 1. The molecule has 1 aromatic carbocycles. The van der Waals surface area contributed by atoms with Crippen molar-refractivity contribution in [2.45, 2.75) is 25.7 Å². The molecule has 2 aromatic heterocycles. The number of nitrogens with zero attached hydrogens (tertiary/aromatic N) is 3. The molecule has 0 atom stereocenters. The number of hydrogen-bond donors (Lipinski definition) is 1. The van der Waals surface area contributed by atoms with E-state index in [0.717, 1.165) is 36.1 Å². The van der Waals surface area contributed by atoms with Crippen LogP contribution in [0.5, 0.6) is 0 Å². The second-order valence-corrected chi connectivity index (χ2v) is 8.27. The van der Waals surface area contributed by atoms with Gasteiger partial charge in [-0.2, -0.15) is 10.5 Å². The second-order valence-electron chi connectivity index (χ2n) is 7.16. The summed E-state index contributed by atoms with van der Waals surface area (Å²) in [5, 5.41) is 33.2. The molecule has 8 nitrogen and oxygen atoms in total. The first-order valence-corrected chi connectivity index (χ1v) is 10.6. The summed E-state index contributed by atoms with van der Waals surface area (Å²) < 4.78 is 5.67. The van der Waals surface area contributed by atoms with Gasteiger partial charge in [-0.15, -0.1) is 11.3 Å². The van der Waals surface area contributed by atoms with Crippen LogP contribution >= 0.6 is 11.3 Å². The van der Waals surface area contributed by atoms with Crippen LogP contribution in [0.3, 0.4) is 0 Å². The van der Waals surface area contributed by atoms with Crippen molar-refractivity contribution in [2.75, 3.05) is 5.32 Å². The molecule has 1 N–H and O–H groups in total. The lowest BCUT2D eigenvalue weighted by molar-refractivity contribution is -0.384. The maximum Gasteiger partial charge on any atom is 0.270 e. The summed E-state index contributed by atoms with van der Waals surface area (Å²) >= 11 is 1.38. The number of anilines is 1. The van der Waals surface area contributed by atoms with Crippen molar-refractivity contribution < 1.29 is 14.1 Å². The first-order chi connectivity index (χ1) is 15.5. The van der Waals surface area contributed by atoms with Gasteiger partial charge in [0.25, 0.3) is 11.6 Å². The smallest absolute Gasteiger partial charge is 0.270 e. The molecule has 32 heavy (non-hydrogen) atoms. The molecular weight excluding hydrogens is 428 g/mol. The van der Waals surface area contributed by atoms with Crippen LogP contribution < -0.4 is 5.32 Å². The Morgan fingerprint density at radius 1 is 1.22 bits per heavy atom. The van der Waals surface area contributed by atoms with E-state index in [1.54, 1.807) is 24.3 Å². The molecule has 4 rings (SSSR count). The molecule has 158 valence electrons. The van der Waals surface area contributed by atoms with Crippen molar-refractivity contribution >= 4 is 34.0 Å². The number of nitro benzene ring substituents is 1.